The molecule has 5 heteroatoms. The summed E-state index contributed by atoms with van der Waals surface area (Å²) in [5.41, 5.74) is 5.25. The van der Waals surface area contributed by atoms with E-state index in [0.29, 0.717) is 23.0 Å². The Morgan fingerprint density at radius 3 is 1.15 bits per heavy atom. The largest absolute Gasteiger partial charge is 0.365 e. The second-order valence-electron chi connectivity index (χ2n) is 16.7. The third-order valence-corrected chi connectivity index (χ3v) is 12.8. The van der Waals surface area contributed by atoms with Crippen molar-refractivity contribution in [2.45, 2.75) is 142 Å². The highest BCUT2D eigenvalue weighted by atomic mass is 19.2. The number of unbranched alkanes of at least 4 members (excludes halogenated alkanes) is 6. The molecule has 0 saturated heterocycles. The Hall–Kier alpha value is -3.44. The molecule has 0 radical (unpaired) electrons. The van der Waals surface area contributed by atoms with Gasteiger partial charge in [0.2, 0.25) is 0 Å². The van der Waals surface area contributed by atoms with Crippen LogP contribution in [0.25, 0.3) is 22.3 Å². The van der Waals surface area contributed by atoms with Crippen molar-refractivity contribution in [2.75, 3.05) is 0 Å². The topological polar surface area (TPSA) is 9.23 Å². The van der Waals surface area contributed by atoms with Gasteiger partial charge in [-0.25, -0.2) is 17.6 Å². The van der Waals surface area contributed by atoms with Gasteiger partial charge in [-0.15, -0.1) is 0 Å². The number of hydrogen-bond acceptors (Lipinski definition) is 1. The Kier molecular flexibility index (Phi) is 15.5. The molecule has 1 nitrogen and oxygen atoms in total. The number of rotatable bonds is 18. The molecule has 0 bridgehead atoms. The van der Waals surface area contributed by atoms with E-state index in [1.165, 1.54) is 114 Å². The zero-order chi connectivity index (χ0) is 38.6. The third-order valence-electron chi connectivity index (χ3n) is 12.8. The summed E-state index contributed by atoms with van der Waals surface area (Å²) >= 11 is 0. The van der Waals surface area contributed by atoms with E-state index in [1.54, 1.807) is 12.1 Å². The lowest BCUT2D eigenvalue weighted by atomic mass is 9.74. The highest BCUT2D eigenvalue weighted by Gasteiger charge is 2.36. The van der Waals surface area contributed by atoms with Crippen molar-refractivity contribution in [3.05, 3.63) is 119 Å². The van der Waals surface area contributed by atoms with Crippen LogP contribution >= 0.6 is 0 Å². The first kappa shape index (κ1) is 41.2. The van der Waals surface area contributed by atoms with Crippen molar-refractivity contribution in [1.29, 1.82) is 0 Å². The summed E-state index contributed by atoms with van der Waals surface area (Å²) in [4.78, 5) is 0. The maximum atomic E-state index is 14.2. The van der Waals surface area contributed by atoms with Gasteiger partial charge >= 0.3 is 0 Å². The lowest BCUT2D eigenvalue weighted by Crippen LogP contribution is -2.28. The highest BCUT2D eigenvalue weighted by molar-refractivity contribution is 5.64. The summed E-state index contributed by atoms with van der Waals surface area (Å²) in [6, 6.07) is 24.8. The van der Waals surface area contributed by atoms with Crippen molar-refractivity contribution in [1.82, 2.24) is 0 Å². The van der Waals surface area contributed by atoms with Crippen molar-refractivity contribution in [2.24, 2.45) is 23.7 Å². The summed E-state index contributed by atoms with van der Waals surface area (Å²) in [6.07, 6.45) is 22.2. The molecular weight excluding hydrogens is 693 g/mol. The lowest BCUT2D eigenvalue weighted by molar-refractivity contribution is -0.0907. The molecule has 4 aromatic carbocycles. The molecule has 4 aromatic rings. The summed E-state index contributed by atoms with van der Waals surface area (Å²) < 4.78 is 63.4. The fourth-order valence-electron chi connectivity index (χ4n) is 9.44. The highest BCUT2D eigenvalue weighted by Crippen LogP contribution is 2.47. The molecule has 2 fully saturated rings. The molecule has 0 spiro atoms. The number of ether oxygens (including phenoxy) is 1. The van der Waals surface area contributed by atoms with Crippen molar-refractivity contribution >= 4 is 0 Å². The average molecular weight is 755 g/mol. The number of benzene rings is 4. The predicted molar refractivity (Wildman–Crippen MR) is 219 cm³/mol. The van der Waals surface area contributed by atoms with Gasteiger partial charge in [0.25, 0.3) is 0 Å². The molecule has 2 unspecified atom stereocenters. The van der Waals surface area contributed by atoms with Gasteiger partial charge in [0.05, 0.1) is 12.2 Å². The Balaban J connectivity index is 1.27. The van der Waals surface area contributed by atoms with Crippen molar-refractivity contribution in [3.8, 4) is 22.3 Å². The SMILES string of the molecule is CCCCCCC1CCC(C(OC(c2ccc(-c3ccc(F)c(F)c3)cc2)C2CCC(CCCCCC)CC2)c2ccc(-c3ccc(F)c(F)c3)cc2)CC1. The Morgan fingerprint density at radius 1 is 0.436 bits per heavy atom. The van der Waals surface area contributed by atoms with Crippen LogP contribution < -0.4 is 0 Å². The lowest BCUT2D eigenvalue weighted by Gasteiger charge is -2.40. The van der Waals surface area contributed by atoms with Crippen LogP contribution in [0.4, 0.5) is 17.6 Å². The summed E-state index contributed by atoms with van der Waals surface area (Å²) in [7, 11) is 0. The molecule has 2 atom stereocenters. The summed E-state index contributed by atoms with van der Waals surface area (Å²) in [5.74, 6) is -1.08. The van der Waals surface area contributed by atoms with E-state index >= 15 is 0 Å². The monoisotopic (exact) mass is 754 g/mol. The summed E-state index contributed by atoms with van der Waals surface area (Å²) in [6.45, 7) is 4.54. The molecule has 2 aliphatic rings. The molecule has 6 rings (SSSR count). The van der Waals surface area contributed by atoms with Crippen LogP contribution in [0.15, 0.2) is 84.9 Å². The quantitative estimate of drug-likeness (QED) is 0.0726. The second kappa shape index (κ2) is 20.6. The average Bonchev–Trinajstić information content (AvgIpc) is 3.22. The summed E-state index contributed by atoms with van der Waals surface area (Å²) in [5, 5.41) is 0. The Bertz CT molecular complexity index is 1610. The minimum atomic E-state index is -0.844. The first-order valence-corrected chi connectivity index (χ1v) is 21.6. The molecule has 0 amide bonds. The smallest absolute Gasteiger partial charge is 0.159 e. The van der Waals surface area contributed by atoms with Crippen LogP contribution in [0.1, 0.15) is 153 Å². The van der Waals surface area contributed by atoms with Gasteiger partial charge in [-0.1, -0.05) is 164 Å². The minimum absolute atomic E-state index is 0.109. The van der Waals surface area contributed by atoms with Crippen molar-refractivity contribution < 1.29 is 22.3 Å². The van der Waals surface area contributed by atoms with E-state index < -0.39 is 23.3 Å². The normalized spacial score (nSPS) is 21.3. The predicted octanol–water partition coefficient (Wildman–Crippen LogP) is 15.9. The van der Waals surface area contributed by atoms with Crippen LogP contribution in [0, 0.1) is 46.9 Å². The third kappa shape index (κ3) is 11.3. The minimum Gasteiger partial charge on any atom is -0.365 e. The number of hydrogen-bond donors (Lipinski definition) is 0. The van der Waals surface area contributed by atoms with Crippen LogP contribution in [0.3, 0.4) is 0 Å². The van der Waals surface area contributed by atoms with Crippen molar-refractivity contribution in [3.63, 3.8) is 0 Å². The number of halogens is 4. The maximum Gasteiger partial charge on any atom is 0.159 e. The molecule has 2 saturated carbocycles. The van der Waals surface area contributed by atoms with Gasteiger partial charge in [-0.05, 0) is 107 Å². The fraction of sp³-hybridized carbons (Fsp3) is 0.520. The standard InChI is InChI=1S/C50H62F4O/c1-3-5-7-9-11-35-13-17-39(18-14-35)49(41-25-21-37(22-26-41)43-29-31-45(51)47(53)33-43)55-50(40-19-15-36(16-20-40)12-10-8-6-4-2)42-27-23-38(24-28-42)44-30-32-46(52)48(54)34-44/h21-36,39-40,49-50H,3-20H2,1-2H3. The molecular formula is C50H62F4O. The van der Waals surface area contributed by atoms with Crippen LogP contribution in [0.5, 0.6) is 0 Å². The van der Waals surface area contributed by atoms with E-state index in [4.69, 9.17) is 4.74 Å². The van der Waals surface area contributed by atoms with E-state index in [-0.39, 0.29) is 12.2 Å². The molecule has 0 heterocycles. The van der Waals surface area contributed by atoms with Gasteiger partial charge in [-0.2, -0.15) is 0 Å². The molecule has 2 aliphatic carbocycles. The van der Waals surface area contributed by atoms with Crippen LogP contribution in [0.2, 0.25) is 0 Å². The molecule has 0 N–H and O–H groups in total. The van der Waals surface area contributed by atoms with Gasteiger partial charge in [0.1, 0.15) is 0 Å². The van der Waals surface area contributed by atoms with Gasteiger partial charge in [-0.3, -0.25) is 0 Å². The molecule has 0 aliphatic heterocycles. The van der Waals surface area contributed by atoms with E-state index in [1.807, 2.05) is 24.3 Å². The zero-order valence-electron chi connectivity index (χ0n) is 33.2. The van der Waals surface area contributed by atoms with Gasteiger partial charge in [0, 0.05) is 0 Å². The first-order chi connectivity index (χ1) is 26.8. The second-order valence-corrected chi connectivity index (χ2v) is 16.7. The van der Waals surface area contributed by atoms with E-state index in [9.17, 15) is 17.6 Å². The van der Waals surface area contributed by atoms with Gasteiger partial charge in [0.15, 0.2) is 23.3 Å². The molecule has 296 valence electrons. The Labute approximate surface area is 328 Å². The fourth-order valence-corrected chi connectivity index (χ4v) is 9.44. The van der Waals surface area contributed by atoms with Gasteiger partial charge < -0.3 is 4.74 Å². The Morgan fingerprint density at radius 2 is 0.800 bits per heavy atom. The van der Waals surface area contributed by atoms with Crippen LogP contribution in [-0.4, -0.2) is 0 Å². The van der Waals surface area contributed by atoms with E-state index in [2.05, 4.69) is 38.1 Å². The van der Waals surface area contributed by atoms with Crippen LogP contribution in [-0.2, 0) is 4.74 Å². The maximum absolute atomic E-state index is 14.2. The molecule has 0 aromatic heterocycles. The first-order valence-electron chi connectivity index (χ1n) is 21.6. The van der Waals surface area contributed by atoms with E-state index in [0.717, 1.165) is 59.8 Å². The zero-order valence-corrected chi connectivity index (χ0v) is 33.2. The molecule has 55 heavy (non-hydrogen) atoms.